The van der Waals surface area contributed by atoms with Crippen LogP contribution in [0.5, 0.6) is 5.75 Å². The van der Waals surface area contributed by atoms with Gasteiger partial charge in [0.25, 0.3) is 0 Å². The van der Waals surface area contributed by atoms with Crippen molar-refractivity contribution in [3.63, 3.8) is 0 Å². The zero-order chi connectivity index (χ0) is 20.4. The van der Waals surface area contributed by atoms with Gasteiger partial charge in [-0.1, -0.05) is 51.0 Å². The van der Waals surface area contributed by atoms with E-state index in [2.05, 4.69) is 74.4 Å². The summed E-state index contributed by atoms with van der Waals surface area (Å²) in [5, 5.41) is 10.7. The van der Waals surface area contributed by atoms with Crippen LogP contribution in [0, 0.1) is 0 Å². The Morgan fingerprint density at radius 3 is 1.42 bits per heavy atom. The summed E-state index contributed by atoms with van der Waals surface area (Å²) in [5.41, 5.74) is 9.07. The number of rotatable bonds is 3. The molecule has 4 heteroatoms. The van der Waals surface area contributed by atoms with E-state index in [1.165, 1.54) is 27.9 Å². The molecule has 0 radical (unpaired) electrons. The van der Waals surface area contributed by atoms with Crippen LogP contribution in [-0.4, -0.2) is 5.11 Å². The Morgan fingerprint density at radius 1 is 0.846 bits per heavy atom. The van der Waals surface area contributed by atoms with Gasteiger partial charge < -0.3 is 5.11 Å². The van der Waals surface area contributed by atoms with Crippen molar-refractivity contribution in [2.75, 3.05) is 0 Å². The Kier molecular flexibility index (Phi) is 8.55. The summed E-state index contributed by atoms with van der Waals surface area (Å²) >= 11 is -0.556. The first-order valence-corrected chi connectivity index (χ1v) is 13.4. The Hall–Kier alpha value is -0.206. The molecule has 144 valence electrons. The number of allylic oxidation sites excluding steroid dienone is 4. The van der Waals surface area contributed by atoms with Crippen LogP contribution in [0.4, 0.5) is 0 Å². The van der Waals surface area contributed by atoms with E-state index in [1.54, 1.807) is 0 Å². The van der Waals surface area contributed by atoms with Gasteiger partial charge in [0.05, 0.1) is 0 Å². The van der Waals surface area contributed by atoms with Crippen LogP contribution in [-0.2, 0) is 22.4 Å². The molecule has 0 spiro atoms. The Balaban J connectivity index is 0.00000105. The number of halogens is 2. The Labute approximate surface area is 176 Å². The molecule has 1 aromatic carbocycles. The average Bonchev–Trinajstić information content (AvgIpc) is 2.71. The van der Waals surface area contributed by atoms with E-state index < -0.39 is 17.0 Å². The molecule has 0 heterocycles. The fraction of sp³-hybridized carbons (Fsp3) is 0.545. The molecule has 0 aromatic heterocycles. The molecular weight excluding hydrogens is 399 g/mol. The third-order valence-corrected chi connectivity index (χ3v) is 6.18. The van der Waals surface area contributed by atoms with Crippen molar-refractivity contribution in [2.45, 2.75) is 79.6 Å². The molecule has 1 aliphatic rings. The molecule has 1 N–H and O–H groups in total. The number of phenolic OH excluding ortho intramolecular Hbond substituents is 1. The first kappa shape index (κ1) is 23.8. The summed E-state index contributed by atoms with van der Waals surface area (Å²) in [6.07, 6.45) is 0. The van der Waals surface area contributed by atoms with Gasteiger partial charge in [-0.3, -0.25) is 0 Å². The van der Waals surface area contributed by atoms with Crippen LogP contribution in [0.15, 0.2) is 34.4 Å². The monoisotopic (exact) mass is 430 g/mol. The number of phenols is 1. The molecule has 1 aromatic rings. The molecule has 1 nitrogen and oxygen atoms in total. The van der Waals surface area contributed by atoms with Gasteiger partial charge >= 0.3 is 35.6 Å². The van der Waals surface area contributed by atoms with Crippen molar-refractivity contribution >= 4 is 18.6 Å². The van der Waals surface area contributed by atoms with Gasteiger partial charge in [0.2, 0.25) is 0 Å². The van der Waals surface area contributed by atoms with E-state index in [-0.39, 0.29) is 5.41 Å². The number of benzene rings is 1. The topological polar surface area (TPSA) is 20.2 Å². The molecule has 0 unspecified atom stereocenters. The zero-order valence-corrected chi connectivity index (χ0v) is 20.6. The standard InChI is InChI=1S/C22H32O.2ClH.Ti/c1-12(2)19-10-18(11-20(13(3)4)21(19)23)22(9)16(7)14(5)15(6)17(22)8;;;/h10-13,23H,1-9H3;2*1H;/q;;;+2/p-2. The zero-order valence-electron chi connectivity index (χ0n) is 17.5. The quantitative estimate of drug-likeness (QED) is 0.482. The van der Waals surface area contributed by atoms with Crippen LogP contribution in [0.2, 0.25) is 0 Å². The number of hydrogen-bond donors (Lipinski definition) is 1. The van der Waals surface area contributed by atoms with E-state index >= 15 is 0 Å². The molecule has 26 heavy (non-hydrogen) atoms. The van der Waals surface area contributed by atoms with Crippen LogP contribution < -0.4 is 0 Å². The second kappa shape index (κ2) is 9.33. The van der Waals surface area contributed by atoms with Gasteiger partial charge in [-0.15, -0.1) is 0 Å². The third kappa shape index (κ3) is 4.27. The van der Waals surface area contributed by atoms with Gasteiger partial charge in [0.1, 0.15) is 5.75 Å². The molecule has 0 bridgehead atoms. The van der Waals surface area contributed by atoms with Crippen LogP contribution in [0.1, 0.15) is 90.8 Å². The van der Waals surface area contributed by atoms with Crippen molar-refractivity contribution in [3.05, 3.63) is 51.1 Å². The predicted octanol–water partition coefficient (Wildman–Crippen LogP) is 7.96. The van der Waals surface area contributed by atoms with Gasteiger partial charge in [-0.2, -0.15) is 0 Å². The second-order valence-electron chi connectivity index (χ2n) is 8.01. The second-order valence-corrected chi connectivity index (χ2v) is 10.6. The van der Waals surface area contributed by atoms with Gasteiger partial charge in [-0.05, 0) is 74.3 Å². The van der Waals surface area contributed by atoms with Gasteiger partial charge in [-0.25, -0.2) is 0 Å². The van der Waals surface area contributed by atoms with E-state index in [1.807, 2.05) is 0 Å². The fourth-order valence-corrected chi connectivity index (χ4v) is 3.88. The Bertz CT molecular complexity index is 677. The maximum absolute atomic E-state index is 10.7. The molecule has 2 rings (SSSR count). The molecule has 1 aliphatic carbocycles. The van der Waals surface area contributed by atoms with E-state index in [0.717, 1.165) is 11.1 Å². The van der Waals surface area contributed by atoms with Crippen molar-refractivity contribution in [3.8, 4) is 5.75 Å². The molecule has 0 atom stereocenters. The SMILES string of the molecule is CC1=C(C)C(C)(c2cc(C(C)C)c(O)c(C(C)C)c2)C(C)=C1C.[Cl][Ti][Cl]. The molecule has 0 aliphatic heterocycles. The van der Waals surface area contributed by atoms with Crippen LogP contribution in [0.25, 0.3) is 0 Å². The molecule has 0 amide bonds. The fourth-order valence-electron chi connectivity index (χ4n) is 3.88. The van der Waals surface area contributed by atoms with E-state index in [9.17, 15) is 5.11 Å². The summed E-state index contributed by atoms with van der Waals surface area (Å²) in [5.74, 6) is 1.11. The van der Waals surface area contributed by atoms with Crippen molar-refractivity contribution < 1.29 is 22.1 Å². The van der Waals surface area contributed by atoms with E-state index in [0.29, 0.717) is 17.6 Å². The third-order valence-electron chi connectivity index (χ3n) is 6.18. The van der Waals surface area contributed by atoms with Crippen molar-refractivity contribution in [1.29, 1.82) is 0 Å². The first-order chi connectivity index (χ1) is 11.9. The summed E-state index contributed by atoms with van der Waals surface area (Å²) in [4.78, 5) is 0. The first-order valence-electron chi connectivity index (χ1n) is 9.14. The maximum atomic E-state index is 10.7. The Morgan fingerprint density at radius 2 is 1.15 bits per heavy atom. The summed E-state index contributed by atoms with van der Waals surface area (Å²) in [7, 11) is 9.78. The van der Waals surface area contributed by atoms with Crippen LogP contribution in [0.3, 0.4) is 0 Å². The molecular formula is C22H32Cl2OTi. The van der Waals surface area contributed by atoms with E-state index in [4.69, 9.17) is 18.6 Å². The normalized spacial score (nSPS) is 16.3. The summed E-state index contributed by atoms with van der Waals surface area (Å²) in [6, 6.07) is 4.45. The predicted molar refractivity (Wildman–Crippen MR) is 112 cm³/mol. The van der Waals surface area contributed by atoms with Crippen molar-refractivity contribution in [1.82, 2.24) is 0 Å². The average molecular weight is 431 g/mol. The molecule has 0 saturated heterocycles. The number of hydrogen-bond acceptors (Lipinski definition) is 1. The summed E-state index contributed by atoms with van der Waals surface area (Å²) in [6.45, 7) is 19.9. The van der Waals surface area contributed by atoms with Gasteiger partial charge in [0, 0.05) is 5.41 Å². The minimum absolute atomic E-state index is 0.0604. The number of aromatic hydroxyl groups is 1. The summed E-state index contributed by atoms with van der Waals surface area (Å²) < 4.78 is 0. The molecule has 0 saturated carbocycles. The van der Waals surface area contributed by atoms with Gasteiger partial charge in [0.15, 0.2) is 0 Å². The molecule has 0 fully saturated rings. The van der Waals surface area contributed by atoms with Crippen LogP contribution >= 0.6 is 18.6 Å². The van der Waals surface area contributed by atoms with Crippen molar-refractivity contribution in [2.24, 2.45) is 0 Å². The minimum atomic E-state index is -0.556.